The van der Waals surface area contributed by atoms with Gasteiger partial charge in [-0.25, -0.2) is 4.79 Å². The van der Waals surface area contributed by atoms with Crippen molar-refractivity contribution in [2.24, 2.45) is 10.8 Å². The number of ether oxygens (including phenoxy) is 1. The lowest BCUT2D eigenvalue weighted by Gasteiger charge is -2.39. The second-order valence-corrected chi connectivity index (χ2v) is 9.17. The summed E-state index contributed by atoms with van der Waals surface area (Å²) in [5, 5.41) is 11.3. The number of fused-ring (bicyclic) bond motifs is 2. The van der Waals surface area contributed by atoms with Crippen molar-refractivity contribution in [3.63, 3.8) is 0 Å². The molecule has 1 aliphatic carbocycles. The molecule has 0 unspecified atom stereocenters. The summed E-state index contributed by atoms with van der Waals surface area (Å²) < 4.78 is 5.09. The van der Waals surface area contributed by atoms with Gasteiger partial charge < -0.3 is 9.64 Å². The van der Waals surface area contributed by atoms with E-state index < -0.39 is 23.2 Å². The van der Waals surface area contributed by atoms with Crippen LogP contribution in [0.25, 0.3) is 0 Å². The number of esters is 1. The zero-order valence-electron chi connectivity index (χ0n) is 15.7. The Morgan fingerprint density at radius 2 is 2.04 bits per heavy atom. The van der Waals surface area contributed by atoms with Crippen molar-refractivity contribution in [1.82, 2.24) is 4.90 Å². The summed E-state index contributed by atoms with van der Waals surface area (Å²) in [6, 6.07) is 3.85. The number of halogens is 1. The smallest absolute Gasteiger partial charge is 0.345 e. The Morgan fingerprint density at radius 3 is 2.70 bits per heavy atom. The highest BCUT2D eigenvalue weighted by Crippen LogP contribution is 2.52. The first-order valence-electron chi connectivity index (χ1n) is 8.90. The van der Waals surface area contributed by atoms with Gasteiger partial charge in [0.15, 0.2) is 6.61 Å². The van der Waals surface area contributed by atoms with Crippen LogP contribution in [0.1, 0.15) is 50.4 Å². The number of nitrogens with zero attached hydrogens (tertiary/aromatic N) is 2. The summed E-state index contributed by atoms with van der Waals surface area (Å²) >= 11 is 5.75. The Labute approximate surface area is 162 Å². The maximum Gasteiger partial charge on any atom is 0.345 e. The van der Waals surface area contributed by atoms with Gasteiger partial charge in [0.2, 0.25) is 0 Å². The summed E-state index contributed by atoms with van der Waals surface area (Å²) in [6.07, 6.45) is 2.93. The molecular formula is C19H23ClN2O5. The molecule has 1 aromatic carbocycles. The lowest BCUT2D eigenvalue weighted by atomic mass is 9.65. The minimum atomic E-state index is -0.902. The van der Waals surface area contributed by atoms with Gasteiger partial charge in [0.05, 0.1) is 4.92 Å². The van der Waals surface area contributed by atoms with Crippen LogP contribution in [0.3, 0.4) is 0 Å². The van der Waals surface area contributed by atoms with Gasteiger partial charge in [0, 0.05) is 23.7 Å². The second kappa shape index (κ2) is 6.78. The zero-order valence-corrected chi connectivity index (χ0v) is 16.4. The normalized spacial score (nSPS) is 25.9. The zero-order chi connectivity index (χ0) is 20.0. The molecule has 2 bridgehead atoms. The quantitative estimate of drug-likeness (QED) is 0.439. The van der Waals surface area contributed by atoms with E-state index in [9.17, 15) is 19.7 Å². The van der Waals surface area contributed by atoms with E-state index in [1.54, 1.807) is 4.90 Å². The van der Waals surface area contributed by atoms with Gasteiger partial charge in [-0.3, -0.25) is 14.9 Å². The first-order valence-corrected chi connectivity index (χ1v) is 9.28. The highest BCUT2D eigenvalue weighted by Gasteiger charge is 2.50. The van der Waals surface area contributed by atoms with E-state index in [0.717, 1.165) is 25.3 Å². The molecule has 3 rings (SSSR count). The molecule has 1 amide bonds. The minimum absolute atomic E-state index is 0.0844. The first-order chi connectivity index (χ1) is 12.5. The van der Waals surface area contributed by atoms with Crippen LogP contribution in [-0.2, 0) is 9.53 Å². The Morgan fingerprint density at radius 1 is 1.33 bits per heavy atom. The predicted molar refractivity (Wildman–Crippen MR) is 99.6 cm³/mol. The van der Waals surface area contributed by atoms with E-state index in [-0.39, 0.29) is 33.4 Å². The Balaban J connectivity index is 1.67. The third-order valence-electron chi connectivity index (χ3n) is 5.44. The predicted octanol–water partition coefficient (Wildman–Crippen LogP) is 3.83. The van der Waals surface area contributed by atoms with Gasteiger partial charge in [-0.05, 0) is 42.2 Å². The fourth-order valence-electron chi connectivity index (χ4n) is 4.87. The summed E-state index contributed by atoms with van der Waals surface area (Å²) in [6.45, 7) is 6.84. The molecule has 2 atom stereocenters. The van der Waals surface area contributed by atoms with Crippen LogP contribution >= 0.6 is 11.6 Å². The largest absolute Gasteiger partial charge is 0.452 e. The number of benzene rings is 1. The Hall–Kier alpha value is -2.15. The summed E-state index contributed by atoms with van der Waals surface area (Å²) in [4.78, 5) is 37.1. The number of nitro benzene ring substituents is 1. The topological polar surface area (TPSA) is 89.8 Å². The van der Waals surface area contributed by atoms with Gasteiger partial charge >= 0.3 is 5.97 Å². The Kier molecular flexibility index (Phi) is 4.93. The number of hydrogen-bond acceptors (Lipinski definition) is 5. The molecule has 1 aromatic rings. The highest BCUT2D eigenvalue weighted by molar-refractivity contribution is 6.31. The maximum atomic E-state index is 12.6. The van der Waals surface area contributed by atoms with Gasteiger partial charge in [0.1, 0.15) is 5.56 Å². The van der Waals surface area contributed by atoms with Crippen LogP contribution in [0, 0.1) is 20.9 Å². The fourth-order valence-corrected chi connectivity index (χ4v) is 5.03. The molecule has 2 aliphatic rings. The van der Waals surface area contributed by atoms with E-state index in [4.69, 9.17) is 16.3 Å². The number of amides is 1. The van der Waals surface area contributed by atoms with E-state index in [2.05, 4.69) is 20.8 Å². The molecule has 0 radical (unpaired) electrons. The van der Waals surface area contributed by atoms with Crippen molar-refractivity contribution >= 4 is 29.2 Å². The SMILES string of the molecule is CC1(C)C[C@@H]2C[C@@](C)(CN2C(=O)COC(=O)c2ccc(Cl)cc2[N+](=O)[O-])C1. The molecule has 146 valence electrons. The number of likely N-dealkylation sites (tertiary alicyclic amines) is 1. The standard InChI is InChI=1S/C19H23ClN2O5/c1-18(2)7-13-8-19(3,10-18)11-21(13)16(23)9-27-17(24)14-5-4-12(20)6-15(14)22(25)26/h4-6,13H,7-11H2,1-3H3/t13-,19-/m1/s1. The molecule has 8 heteroatoms. The van der Waals surface area contributed by atoms with Crippen molar-refractivity contribution < 1.29 is 19.2 Å². The lowest BCUT2D eigenvalue weighted by molar-refractivity contribution is -0.385. The number of hydrogen-bond donors (Lipinski definition) is 0. The average Bonchev–Trinajstić information content (AvgIpc) is 2.81. The van der Waals surface area contributed by atoms with Crippen LogP contribution in [0.15, 0.2) is 18.2 Å². The van der Waals surface area contributed by atoms with Crippen molar-refractivity contribution in [2.75, 3.05) is 13.2 Å². The summed E-state index contributed by atoms with van der Waals surface area (Å²) in [7, 11) is 0. The van der Waals surface area contributed by atoms with E-state index >= 15 is 0 Å². The van der Waals surface area contributed by atoms with Crippen LogP contribution in [0.5, 0.6) is 0 Å². The van der Waals surface area contributed by atoms with Crippen LogP contribution in [0.4, 0.5) is 5.69 Å². The highest BCUT2D eigenvalue weighted by atomic mass is 35.5. The number of nitro groups is 1. The van der Waals surface area contributed by atoms with Gasteiger partial charge in [-0.1, -0.05) is 32.4 Å². The van der Waals surface area contributed by atoms with Gasteiger partial charge in [-0.2, -0.15) is 0 Å². The first kappa shape index (κ1) is 19.6. The minimum Gasteiger partial charge on any atom is -0.452 e. The summed E-state index contributed by atoms with van der Waals surface area (Å²) in [5.41, 5.74) is -0.398. The molecule has 0 spiro atoms. The van der Waals surface area contributed by atoms with E-state index in [1.807, 2.05) is 0 Å². The lowest BCUT2D eigenvalue weighted by Crippen LogP contribution is -2.39. The molecular weight excluding hydrogens is 372 g/mol. The number of rotatable bonds is 4. The van der Waals surface area contributed by atoms with Crippen molar-refractivity contribution in [3.05, 3.63) is 38.9 Å². The monoisotopic (exact) mass is 394 g/mol. The molecule has 1 saturated carbocycles. The van der Waals surface area contributed by atoms with E-state index in [0.29, 0.717) is 6.54 Å². The molecule has 7 nitrogen and oxygen atoms in total. The van der Waals surface area contributed by atoms with E-state index in [1.165, 1.54) is 12.1 Å². The molecule has 0 aromatic heterocycles. The van der Waals surface area contributed by atoms with Crippen molar-refractivity contribution in [1.29, 1.82) is 0 Å². The molecule has 1 aliphatic heterocycles. The maximum absolute atomic E-state index is 12.6. The third kappa shape index (κ3) is 4.08. The Bertz CT molecular complexity index is 809. The summed E-state index contributed by atoms with van der Waals surface area (Å²) in [5.74, 6) is -1.16. The van der Waals surface area contributed by atoms with Gasteiger partial charge in [-0.15, -0.1) is 0 Å². The van der Waals surface area contributed by atoms with Crippen LogP contribution in [0.2, 0.25) is 5.02 Å². The van der Waals surface area contributed by atoms with Gasteiger partial charge in [0.25, 0.3) is 11.6 Å². The van der Waals surface area contributed by atoms with Crippen LogP contribution in [-0.4, -0.2) is 40.9 Å². The molecule has 1 heterocycles. The second-order valence-electron chi connectivity index (χ2n) is 8.73. The molecule has 2 fully saturated rings. The third-order valence-corrected chi connectivity index (χ3v) is 5.67. The average molecular weight is 395 g/mol. The molecule has 27 heavy (non-hydrogen) atoms. The fraction of sp³-hybridized carbons (Fsp3) is 0.579. The molecule has 1 saturated heterocycles. The van der Waals surface area contributed by atoms with Crippen LogP contribution < -0.4 is 0 Å². The van der Waals surface area contributed by atoms with Crippen molar-refractivity contribution in [2.45, 2.75) is 46.1 Å². The number of carbonyl (C=O) groups excluding carboxylic acids is 2. The number of carbonyl (C=O) groups is 2. The molecule has 0 N–H and O–H groups in total. The van der Waals surface area contributed by atoms with Crippen molar-refractivity contribution in [3.8, 4) is 0 Å².